The normalized spacial score (nSPS) is 25.4. The molecular weight excluding hydrogens is 382 g/mol. The maximum Gasteiger partial charge on any atom is 0.115 e. The molecule has 29 heavy (non-hydrogen) atoms. The van der Waals surface area contributed by atoms with Crippen molar-refractivity contribution >= 4 is 12.4 Å². The molecule has 2 aliphatic carbocycles. The summed E-state index contributed by atoms with van der Waals surface area (Å²) in [7, 11) is 0. The molecule has 0 spiro atoms. The Morgan fingerprint density at radius 3 is 2.45 bits per heavy atom. The average molecular weight is 416 g/mol. The summed E-state index contributed by atoms with van der Waals surface area (Å²) in [5, 5.41) is 18.2. The van der Waals surface area contributed by atoms with E-state index in [9.17, 15) is 5.11 Å². The molecule has 3 aliphatic rings. The molecule has 1 saturated carbocycles. The molecule has 2 atom stereocenters. The van der Waals surface area contributed by atoms with Gasteiger partial charge in [0.1, 0.15) is 5.75 Å². The fourth-order valence-corrected chi connectivity index (χ4v) is 5.09. The van der Waals surface area contributed by atoms with E-state index in [2.05, 4.69) is 41.3 Å². The fraction of sp³-hybridized carbons (Fsp3) is 0.520. The molecule has 2 unspecified atom stereocenters. The number of aromatic hydroxyl groups is 1. The first-order chi connectivity index (χ1) is 13.5. The number of halogens is 1. The van der Waals surface area contributed by atoms with Gasteiger partial charge in [-0.1, -0.05) is 36.4 Å². The van der Waals surface area contributed by atoms with Gasteiger partial charge in [-0.3, -0.25) is 4.90 Å². The number of aliphatic hydroxyl groups is 1. The van der Waals surface area contributed by atoms with Crippen molar-refractivity contribution in [3.8, 4) is 5.75 Å². The highest BCUT2D eigenvalue weighted by Gasteiger charge is 2.47. The minimum absolute atomic E-state index is 0. The molecule has 0 amide bonds. The van der Waals surface area contributed by atoms with Crippen LogP contribution in [0.4, 0.5) is 0 Å². The van der Waals surface area contributed by atoms with Crippen LogP contribution in [0, 0.1) is 5.92 Å². The molecule has 2 aromatic carbocycles. The van der Waals surface area contributed by atoms with Gasteiger partial charge in [-0.05, 0) is 87.2 Å². The van der Waals surface area contributed by atoms with Gasteiger partial charge in [0.05, 0.1) is 0 Å². The van der Waals surface area contributed by atoms with E-state index in [0.717, 1.165) is 18.8 Å². The van der Waals surface area contributed by atoms with Crippen molar-refractivity contribution in [3.63, 3.8) is 0 Å². The molecule has 1 aliphatic heterocycles. The molecule has 4 heteroatoms. The number of fused-ring (bicyclic) bond motifs is 4. The first-order valence-electron chi connectivity index (χ1n) is 10.8. The number of aliphatic hydroxyl groups excluding tert-OH is 1. The lowest BCUT2D eigenvalue weighted by Crippen LogP contribution is -2.54. The van der Waals surface area contributed by atoms with Crippen molar-refractivity contribution in [1.82, 2.24) is 4.90 Å². The standard InChI is InChI=1S/C22H25NO.C3H8O.ClH/c24-20-9-8-17-12-19-14-22(21(17)13-20,18-4-2-1-3-5-18)10-11-23(19)15-16-6-7-16;1-3(2)4;/h1-5,8-9,13,16,19,24H,6-7,10-12,14-15H2;3-4H,1-2H3;1H. The van der Waals surface area contributed by atoms with Gasteiger partial charge < -0.3 is 10.2 Å². The third-order valence-corrected chi connectivity index (χ3v) is 6.51. The van der Waals surface area contributed by atoms with Crippen molar-refractivity contribution in [2.24, 2.45) is 5.92 Å². The summed E-state index contributed by atoms with van der Waals surface area (Å²) < 4.78 is 0. The van der Waals surface area contributed by atoms with Crippen LogP contribution in [0.3, 0.4) is 0 Å². The number of nitrogens with zero attached hydrogens (tertiary/aromatic N) is 1. The Balaban J connectivity index is 0.000000443. The van der Waals surface area contributed by atoms with Crippen LogP contribution >= 0.6 is 12.4 Å². The van der Waals surface area contributed by atoms with Crippen LogP contribution in [0.5, 0.6) is 5.75 Å². The van der Waals surface area contributed by atoms with Crippen LogP contribution < -0.4 is 0 Å². The highest BCUT2D eigenvalue weighted by molar-refractivity contribution is 5.85. The average Bonchev–Trinajstić information content (AvgIpc) is 3.49. The van der Waals surface area contributed by atoms with Crippen molar-refractivity contribution in [1.29, 1.82) is 0 Å². The zero-order valence-electron chi connectivity index (χ0n) is 17.6. The van der Waals surface area contributed by atoms with Gasteiger partial charge in [0.25, 0.3) is 0 Å². The number of hydrogen-bond acceptors (Lipinski definition) is 3. The molecular formula is C25H34ClNO2. The Morgan fingerprint density at radius 2 is 1.79 bits per heavy atom. The Labute approximate surface area is 181 Å². The molecule has 158 valence electrons. The minimum Gasteiger partial charge on any atom is -0.508 e. The van der Waals surface area contributed by atoms with Gasteiger partial charge in [-0.15, -0.1) is 12.4 Å². The Kier molecular flexibility index (Phi) is 6.93. The third-order valence-electron chi connectivity index (χ3n) is 6.51. The van der Waals surface area contributed by atoms with E-state index in [1.54, 1.807) is 13.8 Å². The topological polar surface area (TPSA) is 43.7 Å². The third kappa shape index (κ3) is 4.79. The zero-order chi connectivity index (χ0) is 19.7. The number of rotatable bonds is 3. The maximum atomic E-state index is 10.1. The first-order valence-corrected chi connectivity index (χ1v) is 10.8. The van der Waals surface area contributed by atoms with E-state index in [-0.39, 0.29) is 23.9 Å². The van der Waals surface area contributed by atoms with E-state index in [4.69, 9.17) is 5.11 Å². The molecule has 2 aromatic rings. The van der Waals surface area contributed by atoms with Crippen LogP contribution in [0.2, 0.25) is 0 Å². The summed E-state index contributed by atoms with van der Waals surface area (Å²) in [5.74, 6) is 1.36. The van der Waals surface area contributed by atoms with E-state index < -0.39 is 0 Å². The summed E-state index contributed by atoms with van der Waals surface area (Å²) in [6, 6.07) is 17.7. The molecule has 3 nitrogen and oxygen atoms in total. The van der Waals surface area contributed by atoms with E-state index in [1.807, 2.05) is 12.1 Å². The zero-order valence-corrected chi connectivity index (χ0v) is 18.4. The lowest BCUT2D eigenvalue weighted by molar-refractivity contribution is 0.0912. The molecule has 2 fully saturated rings. The van der Waals surface area contributed by atoms with Crippen molar-refractivity contribution < 1.29 is 10.2 Å². The smallest absolute Gasteiger partial charge is 0.115 e. The van der Waals surface area contributed by atoms with Gasteiger partial charge in [0.2, 0.25) is 0 Å². The lowest BCUT2D eigenvalue weighted by Gasteiger charge is -2.52. The molecule has 1 heterocycles. The Bertz CT molecular complexity index is 803. The van der Waals surface area contributed by atoms with Crippen LogP contribution in [-0.4, -0.2) is 40.3 Å². The summed E-state index contributed by atoms with van der Waals surface area (Å²) >= 11 is 0. The largest absolute Gasteiger partial charge is 0.508 e. The quantitative estimate of drug-likeness (QED) is 0.747. The number of benzene rings is 2. The number of phenols is 1. The van der Waals surface area contributed by atoms with Gasteiger partial charge >= 0.3 is 0 Å². The van der Waals surface area contributed by atoms with Crippen LogP contribution in [-0.2, 0) is 11.8 Å². The SMILES string of the molecule is CC(C)O.Cl.Oc1ccc2c(c1)C1(c3ccccc3)CCN(CC3CC3)C(C2)C1. The summed E-state index contributed by atoms with van der Waals surface area (Å²) in [6.45, 7) is 5.92. The predicted octanol–water partition coefficient (Wildman–Crippen LogP) is 4.92. The highest BCUT2D eigenvalue weighted by atomic mass is 35.5. The van der Waals surface area contributed by atoms with Gasteiger partial charge in [-0.25, -0.2) is 0 Å². The van der Waals surface area contributed by atoms with Crippen LogP contribution in [0.15, 0.2) is 48.5 Å². The monoisotopic (exact) mass is 415 g/mol. The summed E-state index contributed by atoms with van der Waals surface area (Å²) in [5.41, 5.74) is 4.32. The molecule has 0 aromatic heterocycles. The molecule has 0 radical (unpaired) electrons. The summed E-state index contributed by atoms with van der Waals surface area (Å²) in [6.07, 6.45) is 6.18. The summed E-state index contributed by atoms with van der Waals surface area (Å²) in [4.78, 5) is 2.76. The molecule has 2 bridgehead atoms. The lowest BCUT2D eigenvalue weighted by atomic mass is 9.60. The minimum atomic E-state index is -0.167. The van der Waals surface area contributed by atoms with Gasteiger partial charge in [-0.2, -0.15) is 0 Å². The Hall–Kier alpha value is -1.55. The second kappa shape index (κ2) is 9.07. The van der Waals surface area contributed by atoms with Gasteiger partial charge in [0.15, 0.2) is 0 Å². The second-order valence-corrected chi connectivity index (χ2v) is 9.13. The van der Waals surface area contributed by atoms with E-state index in [0.29, 0.717) is 11.8 Å². The number of likely N-dealkylation sites (tertiary alicyclic amines) is 1. The molecule has 5 rings (SSSR count). The van der Waals surface area contributed by atoms with Crippen molar-refractivity contribution in [2.75, 3.05) is 13.1 Å². The van der Waals surface area contributed by atoms with E-state index >= 15 is 0 Å². The van der Waals surface area contributed by atoms with Crippen LogP contribution in [0.25, 0.3) is 0 Å². The fourth-order valence-electron chi connectivity index (χ4n) is 5.09. The van der Waals surface area contributed by atoms with Crippen molar-refractivity contribution in [3.05, 3.63) is 65.2 Å². The molecule has 1 saturated heterocycles. The van der Waals surface area contributed by atoms with E-state index in [1.165, 1.54) is 49.0 Å². The van der Waals surface area contributed by atoms with Crippen molar-refractivity contribution in [2.45, 2.75) is 63.5 Å². The Morgan fingerprint density at radius 1 is 1.10 bits per heavy atom. The van der Waals surface area contributed by atoms with Gasteiger partial charge in [0, 0.05) is 24.1 Å². The maximum absolute atomic E-state index is 10.1. The predicted molar refractivity (Wildman–Crippen MR) is 121 cm³/mol. The second-order valence-electron chi connectivity index (χ2n) is 9.13. The molecule has 2 N–H and O–H groups in total. The number of phenolic OH excluding ortho intramolecular Hbond substituents is 1. The highest BCUT2D eigenvalue weighted by Crippen LogP contribution is 2.50. The number of piperidine rings is 1. The first kappa shape index (κ1) is 22.1. The number of hydrogen-bond donors (Lipinski definition) is 2. The van der Waals surface area contributed by atoms with Crippen LogP contribution in [0.1, 0.15) is 56.2 Å².